The minimum Gasteiger partial charge on any atom is -0.354 e. The number of rotatable bonds is 7. The van der Waals surface area contributed by atoms with Crippen molar-refractivity contribution < 1.29 is 0 Å². The van der Waals surface area contributed by atoms with Gasteiger partial charge in [0.15, 0.2) is 0 Å². The summed E-state index contributed by atoms with van der Waals surface area (Å²) in [5, 5.41) is 3.34. The number of hydrazine groups is 1. The van der Waals surface area contributed by atoms with Crippen LogP contribution in [-0.4, -0.2) is 46.1 Å². The van der Waals surface area contributed by atoms with E-state index in [9.17, 15) is 0 Å². The molecule has 4 N–H and O–H groups in total. The summed E-state index contributed by atoms with van der Waals surface area (Å²) >= 11 is 2.04. The zero-order valence-electron chi connectivity index (χ0n) is 12.8. The molecule has 0 amide bonds. The molecule has 0 aliphatic carbocycles. The fraction of sp³-hybridized carbons (Fsp3) is 0.769. The van der Waals surface area contributed by atoms with E-state index in [1.54, 1.807) is 0 Å². The minimum absolute atomic E-state index is 0.397. The summed E-state index contributed by atoms with van der Waals surface area (Å²) in [5.74, 6) is 10.3. The Balaban J connectivity index is 2.04. The van der Waals surface area contributed by atoms with E-state index in [-0.39, 0.29) is 0 Å². The molecule has 8 heteroatoms. The fourth-order valence-corrected chi connectivity index (χ4v) is 3.55. The minimum atomic E-state index is 0.397. The predicted octanol–water partition coefficient (Wildman–Crippen LogP) is 1.56. The van der Waals surface area contributed by atoms with Gasteiger partial charge in [0.05, 0.1) is 0 Å². The Kier molecular flexibility index (Phi) is 6.31. The Labute approximate surface area is 130 Å². The van der Waals surface area contributed by atoms with E-state index in [1.807, 2.05) is 11.8 Å². The maximum Gasteiger partial charge on any atom is 0.243 e. The van der Waals surface area contributed by atoms with E-state index in [0.717, 1.165) is 19.6 Å². The average molecular weight is 311 g/mol. The molecule has 0 aromatic carbocycles. The molecule has 1 saturated heterocycles. The normalized spacial score (nSPS) is 15.8. The van der Waals surface area contributed by atoms with Crippen molar-refractivity contribution >= 4 is 29.6 Å². The van der Waals surface area contributed by atoms with Crippen molar-refractivity contribution in [2.24, 2.45) is 11.8 Å². The van der Waals surface area contributed by atoms with Gasteiger partial charge in [0, 0.05) is 19.6 Å². The van der Waals surface area contributed by atoms with E-state index in [1.165, 1.54) is 24.3 Å². The van der Waals surface area contributed by atoms with Crippen LogP contribution in [0.4, 0.5) is 17.8 Å². The number of thioether (sulfide) groups is 1. The highest BCUT2D eigenvalue weighted by molar-refractivity contribution is 7.99. The van der Waals surface area contributed by atoms with Crippen molar-refractivity contribution in [3.8, 4) is 0 Å². The van der Waals surface area contributed by atoms with Crippen molar-refractivity contribution in [1.82, 2.24) is 15.0 Å². The molecule has 1 fully saturated rings. The van der Waals surface area contributed by atoms with Crippen LogP contribution in [0.2, 0.25) is 0 Å². The highest BCUT2D eigenvalue weighted by Crippen LogP contribution is 2.23. The maximum absolute atomic E-state index is 5.46. The number of anilines is 3. The molecule has 1 aromatic heterocycles. The molecular formula is C13H25N7S. The third-order valence-electron chi connectivity index (χ3n) is 3.69. The van der Waals surface area contributed by atoms with E-state index in [0.29, 0.717) is 23.8 Å². The van der Waals surface area contributed by atoms with Gasteiger partial charge < -0.3 is 10.2 Å². The SMILES string of the molecule is CCN(CC)c1nc(NN)nc(NCC2CCSCC2)n1. The molecule has 1 aliphatic heterocycles. The fourth-order valence-electron chi connectivity index (χ4n) is 2.34. The van der Waals surface area contributed by atoms with Crippen LogP contribution in [0.5, 0.6) is 0 Å². The largest absolute Gasteiger partial charge is 0.354 e. The Morgan fingerprint density at radius 2 is 1.81 bits per heavy atom. The molecule has 0 unspecified atom stereocenters. The number of nitrogens with zero attached hydrogens (tertiary/aromatic N) is 4. The highest BCUT2D eigenvalue weighted by Gasteiger charge is 2.15. The Morgan fingerprint density at radius 3 is 2.43 bits per heavy atom. The molecule has 0 spiro atoms. The topological polar surface area (TPSA) is 92.0 Å². The molecule has 1 aromatic rings. The third kappa shape index (κ3) is 4.60. The summed E-state index contributed by atoms with van der Waals surface area (Å²) in [6, 6.07) is 0. The van der Waals surface area contributed by atoms with Crippen LogP contribution in [0.3, 0.4) is 0 Å². The van der Waals surface area contributed by atoms with Crippen LogP contribution in [0, 0.1) is 5.92 Å². The lowest BCUT2D eigenvalue weighted by atomic mass is 10.0. The standard InChI is InChI=1S/C13H25N7S/c1-3-20(4-2)13-17-11(16-12(18-13)19-14)15-9-10-5-7-21-8-6-10/h10H,3-9,14H2,1-2H3,(H2,15,16,17,18,19). The lowest BCUT2D eigenvalue weighted by molar-refractivity contribution is 0.514. The van der Waals surface area contributed by atoms with Gasteiger partial charge in [-0.2, -0.15) is 26.7 Å². The highest BCUT2D eigenvalue weighted by atomic mass is 32.2. The van der Waals surface area contributed by atoms with Gasteiger partial charge in [0.1, 0.15) is 0 Å². The lowest BCUT2D eigenvalue weighted by Crippen LogP contribution is -2.27. The van der Waals surface area contributed by atoms with Crippen molar-refractivity contribution in [1.29, 1.82) is 0 Å². The summed E-state index contributed by atoms with van der Waals surface area (Å²) in [7, 11) is 0. The first-order valence-electron chi connectivity index (χ1n) is 7.56. The van der Waals surface area contributed by atoms with Crippen LogP contribution >= 0.6 is 11.8 Å². The van der Waals surface area contributed by atoms with Gasteiger partial charge in [0.2, 0.25) is 17.8 Å². The molecule has 7 nitrogen and oxygen atoms in total. The zero-order valence-corrected chi connectivity index (χ0v) is 13.6. The molecule has 21 heavy (non-hydrogen) atoms. The summed E-state index contributed by atoms with van der Waals surface area (Å²) in [5.41, 5.74) is 2.52. The second kappa shape index (κ2) is 8.23. The van der Waals surface area contributed by atoms with Crippen molar-refractivity contribution in [3.63, 3.8) is 0 Å². The number of nitrogens with one attached hydrogen (secondary N) is 2. The molecular weight excluding hydrogens is 286 g/mol. The quantitative estimate of drug-likeness (QED) is 0.516. The predicted molar refractivity (Wildman–Crippen MR) is 89.7 cm³/mol. The summed E-state index contributed by atoms with van der Waals surface area (Å²) in [4.78, 5) is 15.2. The molecule has 118 valence electrons. The number of hydrogen-bond acceptors (Lipinski definition) is 8. The molecule has 2 heterocycles. The van der Waals surface area contributed by atoms with Crippen LogP contribution < -0.4 is 21.5 Å². The summed E-state index contributed by atoms with van der Waals surface area (Å²) < 4.78 is 0. The van der Waals surface area contributed by atoms with E-state index in [2.05, 4.69) is 44.4 Å². The van der Waals surface area contributed by atoms with Gasteiger partial charge in [-0.3, -0.25) is 5.43 Å². The number of hydrogen-bond donors (Lipinski definition) is 3. The van der Waals surface area contributed by atoms with Crippen LogP contribution in [-0.2, 0) is 0 Å². The smallest absolute Gasteiger partial charge is 0.243 e. The van der Waals surface area contributed by atoms with Gasteiger partial charge >= 0.3 is 0 Å². The van der Waals surface area contributed by atoms with Gasteiger partial charge in [-0.05, 0) is 44.1 Å². The average Bonchev–Trinajstić information content (AvgIpc) is 2.55. The Morgan fingerprint density at radius 1 is 1.14 bits per heavy atom. The number of nitrogens with two attached hydrogens (primary N) is 1. The lowest BCUT2D eigenvalue weighted by Gasteiger charge is -2.22. The van der Waals surface area contributed by atoms with Crippen molar-refractivity contribution in [2.45, 2.75) is 26.7 Å². The van der Waals surface area contributed by atoms with E-state index < -0.39 is 0 Å². The molecule has 2 rings (SSSR count). The van der Waals surface area contributed by atoms with Gasteiger partial charge in [-0.15, -0.1) is 0 Å². The molecule has 1 aliphatic rings. The summed E-state index contributed by atoms with van der Waals surface area (Å²) in [6.45, 7) is 6.77. The molecule has 0 atom stereocenters. The third-order valence-corrected chi connectivity index (χ3v) is 4.74. The molecule has 0 saturated carbocycles. The second-order valence-electron chi connectivity index (χ2n) is 5.04. The first-order valence-corrected chi connectivity index (χ1v) is 8.71. The number of aromatic nitrogens is 3. The van der Waals surface area contributed by atoms with Gasteiger partial charge in [0.25, 0.3) is 0 Å². The maximum atomic E-state index is 5.46. The van der Waals surface area contributed by atoms with Crippen molar-refractivity contribution in [2.75, 3.05) is 46.8 Å². The Hall–Kier alpha value is -1.28. The summed E-state index contributed by atoms with van der Waals surface area (Å²) in [6.07, 6.45) is 2.52. The van der Waals surface area contributed by atoms with Crippen LogP contribution in [0.15, 0.2) is 0 Å². The molecule has 0 radical (unpaired) electrons. The van der Waals surface area contributed by atoms with Crippen LogP contribution in [0.25, 0.3) is 0 Å². The van der Waals surface area contributed by atoms with Gasteiger partial charge in [-0.25, -0.2) is 5.84 Å². The zero-order chi connectivity index (χ0) is 15.1. The monoisotopic (exact) mass is 311 g/mol. The molecule has 0 bridgehead atoms. The van der Waals surface area contributed by atoms with Crippen molar-refractivity contribution in [3.05, 3.63) is 0 Å². The van der Waals surface area contributed by atoms with Gasteiger partial charge in [-0.1, -0.05) is 0 Å². The van der Waals surface area contributed by atoms with E-state index >= 15 is 0 Å². The first kappa shape index (κ1) is 16.1. The number of nitrogen functional groups attached to an aromatic ring is 1. The van der Waals surface area contributed by atoms with E-state index in [4.69, 9.17) is 5.84 Å². The first-order chi connectivity index (χ1) is 10.3. The second-order valence-corrected chi connectivity index (χ2v) is 6.26. The van der Waals surface area contributed by atoms with Crippen LogP contribution in [0.1, 0.15) is 26.7 Å². The Bertz CT molecular complexity index is 433.